The van der Waals surface area contributed by atoms with Crippen molar-refractivity contribution in [3.63, 3.8) is 0 Å². The van der Waals surface area contributed by atoms with Crippen molar-refractivity contribution in [2.45, 2.75) is 38.0 Å². The molecule has 0 aromatic carbocycles. The number of thioether (sulfide) groups is 1. The van der Waals surface area contributed by atoms with Crippen molar-refractivity contribution in [3.05, 3.63) is 0 Å². The van der Waals surface area contributed by atoms with Crippen LogP contribution in [0.3, 0.4) is 0 Å². The van der Waals surface area contributed by atoms with E-state index < -0.39 is 0 Å². The first-order valence-corrected chi connectivity index (χ1v) is 7.19. The van der Waals surface area contributed by atoms with Crippen LogP contribution in [0, 0.1) is 0 Å². The average molecular weight is 272 g/mol. The summed E-state index contributed by atoms with van der Waals surface area (Å²) in [6.07, 6.45) is 1.04. The monoisotopic (exact) mass is 272 g/mol. The fourth-order valence-corrected chi connectivity index (χ4v) is 3.21. The van der Waals surface area contributed by atoms with Gasteiger partial charge in [-0.2, -0.15) is 0 Å². The summed E-state index contributed by atoms with van der Waals surface area (Å²) < 4.78 is 0. The third kappa shape index (κ3) is 3.55. The van der Waals surface area contributed by atoms with Crippen LogP contribution >= 0.6 is 11.8 Å². The first kappa shape index (κ1) is 15.2. The molecule has 1 heterocycles. The highest BCUT2D eigenvalue weighted by molar-refractivity contribution is 8.00. The number of hydrogen-bond donors (Lipinski definition) is 1. The van der Waals surface area contributed by atoms with Crippen LogP contribution in [0.5, 0.6) is 0 Å². The highest BCUT2D eigenvalue weighted by Gasteiger charge is 2.38. The maximum absolute atomic E-state index is 12.0. The maximum Gasteiger partial charge on any atom is 0.242 e. The van der Waals surface area contributed by atoms with Crippen LogP contribution in [0.25, 0.3) is 0 Å². The largest absolute Gasteiger partial charge is 0.310 e. The van der Waals surface area contributed by atoms with E-state index in [4.69, 9.17) is 0 Å². The van der Waals surface area contributed by atoms with Crippen LogP contribution in [0.1, 0.15) is 26.7 Å². The number of nitrogens with zero attached hydrogens (tertiary/aromatic N) is 1. The summed E-state index contributed by atoms with van der Waals surface area (Å²) in [4.78, 5) is 36.2. The first-order valence-electron chi connectivity index (χ1n) is 6.14. The number of carbonyl (C=O) groups excluding carboxylic acids is 3. The quantitative estimate of drug-likeness (QED) is 0.681. The molecule has 2 atom stereocenters. The third-order valence-corrected chi connectivity index (χ3v) is 4.25. The van der Waals surface area contributed by atoms with Gasteiger partial charge in [-0.15, -0.1) is 11.8 Å². The second-order valence-electron chi connectivity index (χ2n) is 4.36. The molecule has 6 heteroatoms. The summed E-state index contributed by atoms with van der Waals surface area (Å²) in [5.41, 5.74) is 0. The van der Waals surface area contributed by atoms with Gasteiger partial charge in [-0.05, 0) is 20.4 Å². The van der Waals surface area contributed by atoms with Gasteiger partial charge in [0, 0.05) is 18.7 Å². The number of hydrogen-bond acceptors (Lipinski definition) is 5. The van der Waals surface area contributed by atoms with Gasteiger partial charge in [-0.25, -0.2) is 0 Å². The Kier molecular flexibility index (Phi) is 5.81. The second-order valence-corrected chi connectivity index (χ2v) is 5.60. The average Bonchev–Trinajstić information content (AvgIpc) is 2.58. The van der Waals surface area contributed by atoms with E-state index in [9.17, 15) is 14.4 Å². The van der Waals surface area contributed by atoms with E-state index in [0.717, 1.165) is 6.42 Å². The van der Waals surface area contributed by atoms with Gasteiger partial charge in [0.2, 0.25) is 11.8 Å². The van der Waals surface area contributed by atoms with Crippen molar-refractivity contribution in [1.82, 2.24) is 10.2 Å². The molecule has 0 aliphatic carbocycles. The van der Waals surface area contributed by atoms with Crippen LogP contribution < -0.4 is 5.32 Å². The molecule has 102 valence electrons. The number of ketones is 1. The van der Waals surface area contributed by atoms with Crippen LogP contribution in [-0.4, -0.2) is 53.1 Å². The number of imide groups is 1. The topological polar surface area (TPSA) is 66.5 Å². The summed E-state index contributed by atoms with van der Waals surface area (Å²) in [5.74, 6) is 0.371. The summed E-state index contributed by atoms with van der Waals surface area (Å²) in [7, 11) is 1.72. The van der Waals surface area contributed by atoms with E-state index >= 15 is 0 Å². The van der Waals surface area contributed by atoms with E-state index in [0.29, 0.717) is 12.3 Å². The molecule has 1 fully saturated rings. The molecule has 0 bridgehead atoms. The first-order chi connectivity index (χ1) is 8.51. The number of likely N-dealkylation sites (N-methyl/N-ethyl adjacent to an activating group) is 1. The lowest BCUT2D eigenvalue weighted by Crippen LogP contribution is -2.36. The Hall–Kier alpha value is -0.880. The van der Waals surface area contributed by atoms with Crippen LogP contribution in [0.4, 0.5) is 0 Å². The smallest absolute Gasteiger partial charge is 0.242 e. The molecule has 0 aromatic rings. The number of nitrogens with one attached hydrogen (secondary N) is 1. The predicted octanol–water partition coefficient (Wildman–Crippen LogP) is 0.434. The fourth-order valence-electron chi connectivity index (χ4n) is 1.86. The number of carbonyl (C=O) groups is 3. The Labute approximate surface area is 112 Å². The Balaban J connectivity index is 2.52. The zero-order valence-electron chi connectivity index (χ0n) is 11.1. The maximum atomic E-state index is 12.0. The van der Waals surface area contributed by atoms with Crippen LogP contribution in [0.2, 0.25) is 0 Å². The summed E-state index contributed by atoms with van der Waals surface area (Å²) in [6, 6.07) is -0.252. The molecule has 18 heavy (non-hydrogen) atoms. The van der Waals surface area contributed by atoms with Gasteiger partial charge in [-0.3, -0.25) is 19.3 Å². The van der Waals surface area contributed by atoms with E-state index in [-0.39, 0.29) is 35.3 Å². The molecule has 2 amide bonds. The van der Waals surface area contributed by atoms with Crippen LogP contribution in [-0.2, 0) is 14.4 Å². The lowest BCUT2D eigenvalue weighted by Gasteiger charge is -2.15. The van der Waals surface area contributed by atoms with Crippen LogP contribution in [0.15, 0.2) is 0 Å². The Morgan fingerprint density at radius 3 is 2.72 bits per heavy atom. The summed E-state index contributed by atoms with van der Waals surface area (Å²) in [5, 5.41) is 2.59. The molecule has 0 aromatic heterocycles. The van der Waals surface area contributed by atoms with E-state index in [1.807, 2.05) is 6.92 Å². The summed E-state index contributed by atoms with van der Waals surface area (Å²) in [6.45, 7) is 3.96. The van der Waals surface area contributed by atoms with E-state index in [2.05, 4.69) is 5.32 Å². The van der Waals surface area contributed by atoms with Gasteiger partial charge in [0.05, 0.1) is 11.3 Å². The normalized spacial score (nSPS) is 21.5. The fraction of sp³-hybridized carbons (Fsp3) is 0.750. The molecule has 1 aliphatic rings. The SMILES string of the molecule is CCCN1C(=O)CC(SCC(NC)C(C)=O)C1=O. The number of likely N-dealkylation sites (tertiary alicyclic amines) is 1. The van der Waals surface area contributed by atoms with Crippen molar-refractivity contribution < 1.29 is 14.4 Å². The van der Waals surface area contributed by atoms with Crippen molar-refractivity contribution in [1.29, 1.82) is 0 Å². The second kappa shape index (κ2) is 6.89. The zero-order valence-corrected chi connectivity index (χ0v) is 11.9. The third-order valence-electron chi connectivity index (χ3n) is 2.95. The van der Waals surface area contributed by atoms with Gasteiger partial charge >= 0.3 is 0 Å². The van der Waals surface area contributed by atoms with E-state index in [1.54, 1.807) is 7.05 Å². The predicted molar refractivity (Wildman–Crippen MR) is 71.4 cm³/mol. The molecule has 1 rings (SSSR count). The highest BCUT2D eigenvalue weighted by Crippen LogP contribution is 2.25. The van der Waals surface area contributed by atoms with Crippen molar-refractivity contribution in [2.75, 3.05) is 19.3 Å². The number of amides is 2. The minimum atomic E-state index is -0.320. The Morgan fingerprint density at radius 1 is 1.56 bits per heavy atom. The number of Topliss-reactive ketones (excluding diaryl/α,β-unsaturated/α-hetero) is 1. The lowest BCUT2D eigenvalue weighted by molar-refractivity contribution is -0.138. The molecule has 0 spiro atoms. The van der Waals surface area contributed by atoms with Gasteiger partial charge < -0.3 is 5.32 Å². The highest BCUT2D eigenvalue weighted by atomic mass is 32.2. The van der Waals surface area contributed by atoms with E-state index in [1.165, 1.54) is 23.6 Å². The van der Waals surface area contributed by atoms with Gasteiger partial charge in [0.15, 0.2) is 0 Å². The Bertz CT molecular complexity index is 346. The molecule has 1 saturated heterocycles. The minimum absolute atomic E-state index is 0.0483. The lowest BCUT2D eigenvalue weighted by atomic mass is 10.2. The summed E-state index contributed by atoms with van der Waals surface area (Å²) >= 11 is 1.39. The van der Waals surface area contributed by atoms with Gasteiger partial charge in [-0.1, -0.05) is 6.92 Å². The standard InChI is InChI=1S/C12H20N2O3S/c1-4-5-14-11(16)6-10(12(14)17)18-7-9(13-3)8(2)15/h9-10,13H,4-7H2,1-3H3. The van der Waals surface area contributed by atoms with Gasteiger partial charge in [0.1, 0.15) is 5.78 Å². The van der Waals surface area contributed by atoms with Crippen molar-refractivity contribution >= 4 is 29.4 Å². The molecule has 2 unspecified atom stereocenters. The molecule has 1 aliphatic heterocycles. The minimum Gasteiger partial charge on any atom is -0.310 e. The molecular weight excluding hydrogens is 252 g/mol. The van der Waals surface area contributed by atoms with Crippen molar-refractivity contribution in [3.8, 4) is 0 Å². The van der Waals surface area contributed by atoms with Gasteiger partial charge in [0.25, 0.3) is 0 Å². The zero-order chi connectivity index (χ0) is 13.7. The molecule has 0 radical (unpaired) electrons. The molecule has 1 N–H and O–H groups in total. The Morgan fingerprint density at radius 2 is 2.22 bits per heavy atom. The molecule has 0 saturated carbocycles. The van der Waals surface area contributed by atoms with Crippen molar-refractivity contribution in [2.24, 2.45) is 0 Å². The molecule has 5 nitrogen and oxygen atoms in total. The molecular formula is C12H20N2O3S. The number of rotatable bonds is 7.